The van der Waals surface area contributed by atoms with Crippen molar-refractivity contribution in [3.63, 3.8) is 0 Å². The van der Waals surface area contributed by atoms with Gasteiger partial charge in [-0.2, -0.15) is 0 Å². The predicted octanol–water partition coefficient (Wildman–Crippen LogP) is 3.06. The van der Waals surface area contributed by atoms with E-state index in [1.807, 2.05) is 12.1 Å². The zero-order valence-electron chi connectivity index (χ0n) is 10.3. The molecular formula is C14H15BrN2OS. The van der Waals surface area contributed by atoms with E-state index in [0.29, 0.717) is 12.5 Å². The van der Waals surface area contributed by atoms with E-state index in [1.165, 1.54) is 10.4 Å². The summed E-state index contributed by atoms with van der Waals surface area (Å²) in [4.78, 5) is 1.32. The molecule has 0 amide bonds. The molecule has 0 saturated carbocycles. The second-order valence-corrected chi connectivity index (χ2v) is 7.19. The number of rotatable bonds is 4. The van der Waals surface area contributed by atoms with Crippen LogP contribution < -0.4 is 16.0 Å². The van der Waals surface area contributed by atoms with Crippen LogP contribution in [0, 0.1) is 0 Å². The number of nitrogens with two attached hydrogens (primary N) is 1. The minimum atomic E-state index is 0.189. The van der Waals surface area contributed by atoms with E-state index >= 15 is 0 Å². The standard InChI is InChI=1S/C14H15BrN2OS/c15-14-6-5-9(19-14)7-12(17-16)11-8-18-13-4-2-1-3-10(11)13/h1-6,11-12,17H,7-8,16H2. The van der Waals surface area contributed by atoms with Gasteiger partial charge in [-0.25, -0.2) is 0 Å². The molecule has 3 nitrogen and oxygen atoms in total. The molecule has 5 heteroatoms. The molecule has 100 valence electrons. The SMILES string of the molecule is NNC(Cc1ccc(Br)s1)C1COc2ccccc21. The summed E-state index contributed by atoms with van der Waals surface area (Å²) in [5.41, 5.74) is 4.20. The molecule has 3 rings (SSSR count). The maximum absolute atomic E-state index is 5.75. The minimum Gasteiger partial charge on any atom is -0.493 e. The summed E-state index contributed by atoms with van der Waals surface area (Å²) in [6.07, 6.45) is 0.912. The van der Waals surface area contributed by atoms with Crippen LogP contribution in [-0.2, 0) is 6.42 Å². The monoisotopic (exact) mass is 338 g/mol. The summed E-state index contributed by atoms with van der Waals surface area (Å²) < 4.78 is 6.89. The number of para-hydroxylation sites is 1. The van der Waals surface area contributed by atoms with Crippen molar-refractivity contribution in [2.45, 2.75) is 18.4 Å². The molecule has 0 bridgehead atoms. The fourth-order valence-electron chi connectivity index (χ4n) is 2.52. The van der Waals surface area contributed by atoms with Gasteiger partial charge in [0.25, 0.3) is 0 Å². The lowest BCUT2D eigenvalue weighted by Gasteiger charge is -2.21. The first-order chi connectivity index (χ1) is 9.28. The largest absolute Gasteiger partial charge is 0.493 e. The molecule has 1 aromatic carbocycles. The molecule has 0 aliphatic carbocycles. The normalized spacial score (nSPS) is 18.9. The number of ether oxygens (including phenoxy) is 1. The summed E-state index contributed by atoms with van der Waals surface area (Å²) >= 11 is 5.25. The third kappa shape index (κ3) is 2.69. The lowest BCUT2D eigenvalue weighted by molar-refractivity contribution is 0.298. The number of hydrogen-bond acceptors (Lipinski definition) is 4. The van der Waals surface area contributed by atoms with Crippen LogP contribution in [0.1, 0.15) is 16.4 Å². The zero-order chi connectivity index (χ0) is 13.2. The van der Waals surface area contributed by atoms with Crippen molar-refractivity contribution < 1.29 is 4.74 Å². The van der Waals surface area contributed by atoms with Crippen LogP contribution in [0.15, 0.2) is 40.2 Å². The number of thiophene rings is 1. The Morgan fingerprint density at radius 1 is 1.37 bits per heavy atom. The van der Waals surface area contributed by atoms with Crippen molar-refractivity contribution in [3.05, 3.63) is 50.6 Å². The smallest absolute Gasteiger partial charge is 0.122 e. The molecule has 1 aliphatic heterocycles. The van der Waals surface area contributed by atoms with Gasteiger partial charge in [0.15, 0.2) is 0 Å². The first-order valence-electron chi connectivity index (χ1n) is 6.20. The van der Waals surface area contributed by atoms with Crippen molar-refractivity contribution in [1.82, 2.24) is 5.43 Å². The molecule has 3 N–H and O–H groups in total. The fourth-order valence-corrected chi connectivity index (χ4v) is 4.06. The van der Waals surface area contributed by atoms with Gasteiger partial charge in [-0.3, -0.25) is 11.3 Å². The summed E-state index contributed by atoms with van der Waals surface area (Å²) in [6, 6.07) is 12.6. The third-order valence-corrected chi connectivity index (χ3v) is 5.13. The maximum atomic E-state index is 5.75. The number of nitrogens with one attached hydrogen (secondary N) is 1. The van der Waals surface area contributed by atoms with Gasteiger partial charge in [0, 0.05) is 22.4 Å². The molecule has 0 radical (unpaired) electrons. The van der Waals surface area contributed by atoms with Gasteiger partial charge in [-0.15, -0.1) is 11.3 Å². The average Bonchev–Trinajstić information content (AvgIpc) is 3.02. The Bertz CT molecular complexity index is 572. The highest BCUT2D eigenvalue weighted by atomic mass is 79.9. The van der Waals surface area contributed by atoms with E-state index in [9.17, 15) is 0 Å². The molecule has 2 atom stereocenters. The summed E-state index contributed by atoms with van der Waals surface area (Å²) in [5, 5.41) is 0. The second-order valence-electron chi connectivity index (χ2n) is 4.64. The zero-order valence-corrected chi connectivity index (χ0v) is 12.7. The van der Waals surface area contributed by atoms with Crippen LogP contribution in [0.25, 0.3) is 0 Å². The van der Waals surface area contributed by atoms with Gasteiger partial charge >= 0.3 is 0 Å². The Morgan fingerprint density at radius 2 is 2.21 bits per heavy atom. The van der Waals surface area contributed by atoms with Crippen molar-refractivity contribution in [1.29, 1.82) is 0 Å². The Kier molecular flexibility index (Phi) is 3.88. The van der Waals surface area contributed by atoms with Crippen LogP contribution in [0.5, 0.6) is 5.75 Å². The van der Waals surface area contributed by atoms with Crippen molar-refractivity contribution >= 4 is 27.3 Å². The van der Waals surface area contributed by atoms with Gasteiger partial charge in [-0.05, 0) is 40.5 Å². The molecule has 0 saturated heterocycles. The van der Waals surface area contributed by atoms with E-state index in [4.69, 9.17) is 10.6 Å². The molecule has 2 unspecified atom stereocenters. The van der Waals surface area contributed by atoms with E-state index in [2.05, 4.69) is 45.6 Å². The highest BCUT2D eigenvalue weighted by Gasteiger charge is 2.30. The summed E-state index contributed by atoms with van der Waals surface area (Å²) in [7, 11) is 0. The highest BCUT2D eigenvalue weighted by molar-refractivity contribution is 9.11. The lowest BCUT2D eigenvalue weighted by Crippen LogP contribution is -2.41. The van der Waals surface area contributed by atoms with Gasteiger partial charge in [0.1, 0.15) is 5.75 Å². The van der Waals surface area contributed by atoms with Gasteiger partial charge in [-0.1, -0.05) is 18.2 Å². The second kappa shape index (κ2) is 5.63. The number of halogens is 1. The first kappa shape index (κ1) is 13.1. The maximum Gasteiger partial charge on any atom is 0.122 e. The van der Waals surface area contributed by atoms with E-state index in [1.54, 1.807) is 11.3 Å². The topological polar surface area (TPSA) is 47.3 Å². The van der Waals surface area contributed by atoms with Gasteiger partial charge < -0.3 is 4.74 Å². The number of benzene rings is 1. The van der Waals surface area contributed by atoms with E-state index in [0.717, 1.165) is 16.0 Å². The first-order valence-corrected chi connectivity index (χ1v) is 7.81. The Labute approximate surface area is 124 Å². The molecule has 1 aromatic heterocycles. The Balaban J connectivity index is 1.80. The number of hydrazine groups is 1. The number of hydrogen-bond donors (Lipinski definition) is 2. The average molecular weight is 339 g/mol. The minimum absolute atomic E-state index is 0.189. The Hall–Kier alpha value is -0.880. The van der Waals surface area contributed by atoms with Crippen LogP contribution in [0.2, 0.25) is 0 Å². The summed E-state index contributed by atoms with van der Waals surface area (Å²) in [6.45, 7) is 0.695. The highest BCUT2D eigenvalue weighted by Crippen LogP contribution is 2.36. The van der Waals surface area contributed by atoms with Crippen molar-refractivity contribution in [2.24, 2.45) is 5.84 Å². The molecular weight excluding hydrogens is 324 g/mol. The molecule has 2 aromatic rings. The summed E-state index contributed by atoms with van der Waals surface area (Å²) in [5.74, 6) is 7.05. The predicted molar refractivity (Wildman–Crippen MR) is 81.5 cm³/mol. The van der Waals surface area contributed by atoms with E-state index in [-0.39, 0.29) is 6.04 Å². The van der Waals surface area contributed by atoms with Crippen LogP contribution in [0.4, 0.5) is 0 Å². The number of fused-ring (bicyclic) bond motifs is 1. The third-order valence-electron chi connectivity index (χ3n) is 3.49. The lowest BCUT2D eigenvalue weighted by atomic mass is 9.91. The Morgan fingerprint density at radius 3 is 2.95 bits per heavy atom. The molecule has 0 spiro atoms. The molecule has 0 fully saturated rings. The van der Waals surface area contributed by atoms with Crippen molar-refractivity contribution in [2.75, 3.05) is 6.61 Å². The van der Waals surface area contributed by atoms with Crippen LogP contribution in [-0.4, -0.2) is 12.6 Å². The van der Waals surface area contributed by atoms with E-state index < -0.39 is 0 Å². The quantitative estimate of drug-likeness (QED) is 0.665. The van der Waals surface area contributed by atoms with Crippen LogP contribution >= 0.6 is 27.3 Å². The van der Waals surface area contributed by atoms with Crippen molar-refractivity contribution in [3.8, 4) is 5.75 Å². The van der Waals surface area contributed by atoms with Gasteiger partial charge in [0.2, 0.25) is 0 Å². The molecule has 2 heterocycles. The molecule has 1 aliphatic rings. The van der Waals surface area contributed by atoms with Crippen LogP contribution in [0.3, 0.4) is 0 Å². The fraction of sp³-hybridized carbons (Fsp3) is 0.286. The molecule has 19 heavy (non-hydrogen) atoms. The van der Waals surface area contributed by atoms with Gasteiger partial charge in [0.05, 0.1) is 10.4 Å².